The van der Waals surface area contributed by atoms with E-state index in [9.17, 15) is 0 Å². The maximum atomic E-state index is 6.05. The molecule has 0 spiro atoms. The van der Waals surface area contributed by atoms with E-state index in [1.54, 1.807) is 12.4 Å². The van der Waals surface area contributed by atoms with Gasteiger partial charge in [0.25, 0.3) is 0 Å². The summed E-state index contributed by atoms with van der Waals surface area (Å²) in [5.74, 6) is 0.777. The van der Waals surface area contributed by atoms with Crippen molar-refractivity contribution in [2.45, 2.75) is 39.2 Å². The summed E-state index contributed by atoms with van der Waals surface area (Å²) in [6.07, 6.45) is 7.15. The van der Waals surface area contributed by atoms with Gasteiger partial charge in [0.05, 0.1) is 0 Å². The molecule has 2 heteroatoms. The number of rotatable bonds is 5. The van der Waals surface area contributed by atoms with Gasteiger partial charge in [-0.15, -0.1) is 0 Å². The third-order valence-corrected chi connectivity index (χ3v) is 2.43. The number of pyridine rings is 1. The van der Waals surface area contributed by atoms with Crippen molar-refractivity contribution in [3.63, 3.8) is 0 Å². The van der Waals surface area contributed by atoms with Crippen LogP contribution in [0.1, 0.15) is 44.7 Å². The summed E-state index contributed by atoms with van der Waals surface area (Å²) in [5.41, 5.74) is 7.25. The van der Waals surface area contributed by atoms with Crippen LogP contribution in [0.2, 0.25) is 0 Å². The van der Waals surface area contributed by atoms with E-state index in [1.165, 1.54) is 18.4 Å². The highest BCUT2D eigenvalue weighted by Crippen LogP contribution is 2.17. The lowest BCUT2D eigenvalue weighted by molar-refractivity contribution is 0.505. The van der Waals surface area contributed by atoms with Gasteiger partial charge >= 0.3 is 0 Å². The van der Waals surface area contributed by atoms with Crippen LogP contribution in [-0.4, -0.2) is 4.98 Å². The first-order valence-electron chi connectivity index (χ1n) is 5.35. The van der Waals surface area contributed by atoms with Crippen LogP contribution in [0.4, 0.5) is 0 Å². The predicted molar refractivity (Wildman–Crippen MR) is 59.9 cm³/mol. The topological polar surface area (TPSA) is 38.9 Å². The van der Waals surface area contributed by atoms with Crippen molar-refractivity contribution in [2.75, 3.05) is 0 Å². The summed E-state index contributed by atoms with van der Waals surface area (Å²) in [6.45, 7) is 4.50. The fraction of sp³-hybridized carbons (Fsp3) is 0.583. The second-order valence-corrected chi connectivity index (χ2v) is 4.21. The Hall–Kier alpha value is -0.890. The molecule has 1 aromatic heterocycles. The van der Waals surface area contributed by atoms with Crippen LogP contribution < -0.4 is 5.73 Å². The van der Waals surface area contributed by atoms with Crippen LogP contribution in [-0.2, 0) is 0 Å². The molecule has 0 aliphatic heterocycles. The van der Waals surface area contributed by atoms with Crippen molar-refractivity contribution in [1.29, 1.82) is 0 Å². The molecule has 0 amide bonds. The molecule has 1 rings (SSSR count). The van der Waals surface area contributed by atoms with Gasteiger partial charge in [-0.05, 0) is 30.0 Å². The molecular weight excluding hydrogens is 172 g/mol. The number of hydrogen-bond donors (Lipinski definition) is 1. The van der Waals surface area contributed by atoms with Gasteiger partial charge < -0.3 is 5.73 Å². The SMILES string of the molecule is CC(C)CCCC(N)c1ccncc1. The maximum Gasteiger partial charge on any atom is 0.0295 e. The van der Waals surface area contributed by atoms with E-state index in [0.29, 0.717) is 0 Å². The Morgan fingerprint density at radius 3 is 2.43 bits per heavy atom. The van der Waals surface area contributed by atoms with E-state index in [4.69, 9.17) is 5.73 Å². The molecule has 0 saturated heterocycles. The Morgan fingerprint density at radius 2 is 1.86 bits per heavy atom. The smallest absolute Gasteiger partial charge is 0.0295 e. The molecule has 2 N–H and O–H groups in total. The zero-order valence-electron chi connectivity index (χ0n) is 9.11. The lowest BCUT2D eigenvalue weighted by Gasteiger charge is -2.12. The molecule has 1 heterocycles. The predicted octanol–water partition coefficient (Wildman–Crippen LogP) is 2.91. The molecule has 0 aliphatic rings. The largest absolute Gasteiger partial charge is 0.324 e. The van der Waals surface area contributed by atoms with Crippen LogP contribution >= 0.6 is 0 Å². The average molecular weight is 192 g/mol. The van der Waals surface area contributed by atoms with Crippen LogP contribution in [0.25, 0.3) is 0 Å². The molecule has 0 aliphatic carbocycles. The zero-order chi connectivity index (χ0) is 10.4. The standard InChI is InChI=1S/C12H20N2/c1-10(2)4-3-5-12(13)11-6-8-14-9-7-11/h6-10,12H,3-5,13H2,1-2H3. The highest BCUT2D eigenvalue weighted by molar-refractivity contribution is 5.13. The summed E-state index contributed by atoms with van der Waals surface area (Å²) in [7, 11) is 0. The van der Waals surface area contributed by atoms with Gasteiger partial charge in [0, 0.05) is 18.4 Å². The fourth-order valence-electron chi connectivity index (χ4n) is 1.52. The highest BCUT2D eigenvalue weighted by Gasteiger charge is 2.05. The fourth-order valence-corrected chi connectivity index (χ4v) is 1.52. The van der Waals surface area contributed by atoms with Crippen LogP contribution in [0.3, 0.4) is 0 Å². The minimum Gasteiger partial charge on any atom is -0.324 e. The number of nitrogens with two attached hydrogens (primary N) is 1. The van der Waals surface area contributed by atoms with Gasteiger partial charge in [-0.1, -0.05) is 26.7 Å². The van der Waals surface area contributed by atoms with Crippen molar-refractivity contribution in [1.82, 2.24) is 4.98 Å². The molecular formula is C12H20N2. The highest BCUT2D eigenvalue weighted by atomic mass is 14.6. The van der Waals surface area contributed by atoms with E-state index in [0.717, 1.165) is 12.3 Å². The molecule has 78 valence electrons. The lowest BCUT2D eigenvalue weighted by Crippen LogP contribution is -2.10. The van der Waals surface area contributed by atoms with Crippen molar-refractivity contribution in [3.05, 3.63) is 30.1 Å². The lowest BCUT2D eigenvalue weighted by atomic mass is 9.99. The summed E-state index contributed by atoms with van der Waals surface area (Å²) in [5, 5.41) is 0. The molecule has 1 unspecified atom stereocenters. The van der Waals surface area contributed by atoms with Crippen molar-refractivity contribution >= 4 is 0 Å². The van der Waals surface area contributed by atoms with Gasteiger partial charge in [0.2, 0.25) is 0 Å². The monoisotopic (exact) mass is 192 g/mol. The molecule has 1 atom stereocenters. The first kappa shape index (κ1) is 11.2. The maximum absolute atomic E-state index is 6.05. The molecule has 0 saturated carbocycles. The van der Waals surface area contributed by atoms with E-state index < -0.39 is 0 Å². The summed E-state index contributed by atoms with van der Waals surface area (Å²) >= 11 is 0. The van der Waals surface area contributed by atoms with Crippen molar-refractivity contribution < 1.29 is 0 Å². The second kappa shape index (κ2) is 5.76. The van der Waals surface area contributed by atoms with Gasteiger partial charge in [-0.25, -0.2) is 0 Å². The average Bonchev–Trinajstić information content (AvgIpc) is 2.18. The van der Waals surface area contributed by atoms with Crippen molar-refractivity contribution in [3.8, 4) is 0 Å². The Balaban J connectivity index is 2.32. The van der Waals surface area contributed by atoms with Gasteiger partial charge in [-0.3, -0.25) is 4.98 Å². The van der Waals surface area contributed by atoms with Gasteiger partial charge in [-0.2, -0.15) is 0 Å². The molecule has 0 fully saturated rings. The molecule has 0 aromatic carbocycles. The van der Waals surface area contributed by atoms with E-state index in [-0.39, 0.29) is 6.04 Å². The third kappa shape index (κ3) is 3.88. The van der Waals surface area contributed by atoms with Crippen LogP contribution in [0.5, 0.6) is 0 Å². The third-order valence-electron chi connectivity index (χ3n) is 2.43. The minimum atomic E-state index is 0.178. The number of nitrogens with zero attached hydrogens (tertiary/aromatic N) is 1. The van der Waals surface area contributed by atoms with Gasteiger partial charge in [0.15, 0.2) is 0 Å². The van der Waals surface area contributed by atoms with E-state index in [2.05, 4.69) is 18.8 Å². The quantitative estimate of drug-likeness (QED) is 0.779. The molecule has 2 nitrogen and oxygen atoms in total. The Labute approximate surface area is 86.5 Å². The van der Waals surface area contributed by atoms with E-state index >= 15 is 0 Å². The second-order valence-electron chi connectivity index (χ2n) is 4.21. The molecule has 0 radical (unpaired) electrons. The Kier molecular flexibility index (Phi) is 4.60. The molecule has 0 bridgehead atoms. The minimum absolute atomic E-state index is 0.178. The number of aromatic nitrogens is 1. The summed E-state index contributed by atoms with van der Waals surface area (Å²) in [6, 6.07) is 4.18. The molecule has 1 aromatic rings. The van der Waals surface area contributed by atoms with Crippen LogP contribution in [0, 0.1) is 5.92 Å². The normalized spacial score (nSPS) is 13.1. The first-order chi connectivity index (χ1) is 6.70. The molecule has 14 heavy (non-hydrogen) atoms. The van der Waals surface area contributed by atoms with Crippen LogP contribution in [0.15, 0.2) is 24.5 Å². The van der Waals surface area contributed by atoms with Gasteiger partial charge in [0.1, 0.15) is 0 Å². The summed E-state index contributed by atoms with van der Waals surface area (Å²) in [4.78, 5) is 3.98. The summed E-state index contributed by atoms with van der Waals surface area (Å²) < 4.78 is 0. The Bertz CT molecular complexity index is 244. The zero-order valence-corrected chi connectivity index (χ0v) is 9.11. The first-order valence-corrected chi connectivity index (χ1v) is 5.35. The van der Waals surface area contributed by atoms with Crippen molar-refractivity contribution in [2.24, 2.45) is 11.7 Å². The van der Waals surface area contributed by atoms with E-state index in [1.807, 2.05) is 12.1 Å². The Morgan fingerprint density at radius 1 is 1.21 bits per heavy atom. The number of hydrogen-bond acceptors (Lipinski definition) is 2.